The molecule has 0 saturated heterocycles. The molecule has 1 heterocycles. The van der Waals surface area contributed by atoms with E-state index < -0.39 is 5.97 Å². The number of amides is 1. The number of carbonyl (C=O) groups is 2. The van der Waals surface area contributed by atoms with Gasteiger partial charge in [0.2, 0.25) is 5.91 Å². The zero-order valence-corrected chi connectivity index (χ0v) is 11.3. The van der Waals surface area contributed by atoms with E-state index in [1.807, 2.05) is 0 Å². The van der Waals surface area contributed by atoms with Gasteiger partial charge in [0.05, 0.1) is 25.3 Å². The maximum atomic E-state index is 11.6. The third kappa shape index (κ3) is 4.38. The van der Waals surface area contributed by atoms with Crippen molar-refractivity contribution < 1.29 is 19.1 Å². The van der Waals surface area contributed by atoms with Gasteiger partial charge >= 0.3 is 5.97 Å². The molecule has 0 spiro atoms. The number of aliphatic carboxylic acids is 1. The van der Waals surface area contributed by atoms with Gasteiger partial charge in [-0.05, 0) is 37.8 Å². The lowest BCUT2D eigenvalue weighted by atomic mass is 9.86. The van der Waals surface area contributed by atoms with Gasteiger partial charge in [-0.25, -0.2) is 0 Å². The van der Waals surface area contributed by atoms with Gasteiger partial charge in [0, 0.05) is 6.04 Å². The Bertz CT molecular complexity index is 436. The molecule has 1 saturated carbocycles. The van der Waals surface area contributed by atoms with Crippen molar-refractivity contribution in [3.63, 3.8) is 0 Å². The van der Waals surface area contributed by atoms with Gasteiger partial charge in [0.25, 0.3) is 0 Å². The van der Waals surface area contributed by atoms with Crippen molar-refractivity contribution in [2.45, 2.75) is 38.3 Å². The second-order valence-electron chi connectivity index (χ2n) is 5.12. The molecule has 1 aliphatic carbocycles. The standard InChI is InChI=1S/C14H20N2O4/c17-13(16-8-12-2-1-7-20-12)9-15-11-5-3-10(4-6-11)14(18)19/h1-2,7,10-11,15H,3-6,8-9H2,(H,16,17)(H,18,19). The van der Waals surface area contributed by atoms with Gasteiger partial charge < -0.3 is 20.2 Å². The molecule has 0 bridgehead atoms. The van der Waals surface area contributed by atoms with E-state index in [4.69, 9.17) is 9.52 Å². The van der Waals surface area contributed by atoms with E-state index in [2.05, 4.69) is 10.6 Å². The molecule has 3 N–H and O–H groups in total. The molecule has 0 radical (unpaired) electrons. The first-order valence-electron chi connectivity index (χ1n) is 6.90. The van der Waals surface area contributed by atoms with Gasteiger partial charge in [-0.15, -0.1) is 0 Å². The monoisotopic (exact) mass is 280 g/mol. The smallest absolute Gasteiger partial charge is 0.306 e. The Balaban J connectivity index is 1.61. The second-order valence-corrected chi connectivity index (χ2v) is 5.12. The SMILES string of the molecule is O=C(CNC1CCC(C(=O)O)CC1)NCc1ccco1. The first kappa shape index (κ1) is 14.6. The largest absolute Gasteiger partial charge is 0.481 e. The summed E-state index contributed by atoms with van der Waals surface area (Å²) in [5, 5.41) is 14.8. The lowest BCUT2D eigenvalue weighted by Gasteiger charge is -2.26. The lowest BCUT2D eigenvalue weighted by molar-refractivity contribution is -0.143. The van der Waals surface area contributed by atoms with E-state index in [9.17, 15) is 9.59 Å². The van der Waals surface area contributed by atoms with Crippen LogP contribution in [0.5, 0.6) is 0 Å². The van der Waals surface area contributed by atoms with Crippen LogP contribution in [0.1, 0.15) is 31.4 Å². The molecule has 1 aliphatic rings. The highest BCUT2D eigenvalue weighted by Crippen LogP contribution is 2.24. The van der Waals surface area contributed by atoms with E-state index in [-0.39, 0.29) is 24.4 Å². The van der Waals surface area contributed by atoms with Crippen LogP contribution in [0.3, 0.4) is 0 Å². The van der Waals surface area contributed by atoms with Crippen LogP contribution in [0.4, 0.5) is 0 Å². The highest BCUT2D eigenvalue weighted by molar-refractivity contribution is 5.77. The van der Waals surface area contributed by atoms with Gasteiger partial charge in [-0.2, -0.15) is 0 Å². The summed E-state index contributed by atoms with van der Waals surface area (Å²) >= 11 is 0. The molecule has 0 aromatic carbocycles. The Morgan fingerprint density at radius 3 is 2.65 bits per heavy atom. The van der Waals surface area contributed by atoms with Crippen LogP contribution < -0.4 is 10.6 Å². The normalized spacial score (nSPS) is 22.4. The third-order valence-electron chi connectivity index (χ3n) is 3.67. The molecule has 2 rings (SSSR count). The fourth-order valence-corrected chi connectivity index (χ4v) is 2.44. The number of furan rings is 1. The summed E-state index contributed by atoms with van der Waals surface area (Å²) in [5.74, 6) is -0.289. The molecule has 1 amide bonds. The predicted molar refractivity (Wildman–Crippen MR) is 71.9 cm³/mol. The van der Waals surface area contributed by atoms with Crippen LogP contribution in [0.25, 0.3) is 0 Å². The highest BCUT2D eigenvalue weighted by atomic mass is 16.4. The Hall–Kier alpha value is -1.82. The molecule has 20 heavy (non-hydrogen) atoms. The minimum Gasteiger partial charge on any atom is -0.481 e. The van der Waals surface area contributed by atoms with Crippen LogP contribution >= 0.6 is 0 Å². The van der Waals surface area contributed by atoms with Crippen molar-refractivity contribution >= 4 is 11.9 Å². The van der Waals surface area contributed by atoms with Crippen molar-refractivity contribution in [3.8, 4) is 0 Å². The molecule has 1 fully saturated rings. The Labute approximate surface area is 117 Å². The van der Waals surface area contributed by atoms with Crippen molar-refractivity contribution in [3.05, 3.63) is 24.2 Å². The molecule has 6 heteroatoms. The number of hydrogen-bond acceptors (Lipinski definition) is 4. The summed E-state index contributed by atoms with van der Waals surface area (Å²) in [6.07, 6.45) is 4.55. The number of nitrogens with one attached hydrogen (secondary N) is 2. The van der Waals surface area contributed by atoms with E-state index in [0.717, 1.165) is 18.6 Å². The van der Waals surface area contributed by atoms with Crippen LogP contribution in [0.15, 0.2) is 22.8 Å². The minimum atomic E-state index is -0.709. The van der Waals surface area contributed by atoms with E-state index >= 15 is 0 Å². The Kier molecular flexibility index (Phi) is 5.17. The first-order chi connectivity index (χ1) is 9.65. The minimum absolute atomic E-state index is 0.0817. The molecule has 110 valence electrons. The summed E-state index contributed by atoms with van der Waals surface area (Å²) < 4.78 is 5.12. The number of hydrogen-bond donors (Lipinski definition) is 3. The second kappa shape index (κ2) is 7.09. The van der Waals surface area contributed by atoms with Crippen LogP contribution in [-0.4, -0.2) is 29.6 Å². The van der Waals surface area contributed by atoms with E-state index in [0.29, 0.717) is 19.4 Å². The van der Waals surface area contributed by atoms with Gasteiger partial charge in [0.1, 0.15) is 5.76 Å². The maximum Gasteiger partial charge on any atom is 0.306 e. The number of carboxylic acids is 1. The van der Waals surface area contributed by atoms with E-state index in [1.54, 1.807) is 18.4 Å². The molecule has 1 aromatic heterocycles. The topological polar surface area (TPSA) is 91.6 Å². The molecule has 1 aromatic rings. The Morgan fingerprint density at radius 1 is 1.30 bits per heavy atom. The Morgan fingerprint density at radius 2 is 2.05 bits per heavy atom. The van der Waals surface area contributed by atoms with Crippen LogP contribution in [0, 0.1) is 5.92 Å². The first-order valence-corrected chi connectivity index (χ1v) is 6.90. The summed E-state index contributed by atoms with van der Waals surface area (Å²) in [5.41, 5.74) is 0. The highest BCUT2D eigenvalue weighted by Gasteiger charge is 2.25. The molecular weight excluding hydrogens is 260 g/mol. The molecule has 0 unspecified atom stereocenters. The fourth-order valence-electron chi connectivity index (χ4n) is 2.44. The van der Waals surface area contributed by atoms with E-state index in [1.165, 1.54) is 0 Å². The summed E-state index contributed by atoms with van der Waals surface area (Å²) in [6.45, 7) is 0.641. The summed E-state index contributed by atoms with van der Waals surface area (Å²) in [7, 11) is 0. The van der Waals surface area contributed by atoms with Gasteiger partial charge in [-0.1, -0.05) is 0 Å². The number of rotatable bonds is 6. The molecule has 6 nitrogen and oxygen atoms in total. The molecule has 0 atom stereocenters. The number of carboxylic acid groups (broad SMARTS) is 1. The van der Waals surface area contributed by atoms with Crippen molar-refractivity contribution in [2.24, 2.45) is 5.92 Å². The fraction of sp³-hybridized carbons (Fsp3) is 0.571. The zero-order valence-electron chi connectivity index (χ0n) is 11.3. The molecule has 0 aliphatic heterocycles. The average Bonchev–Trinajstić information content (AvgIpc) is 2.96. The lowest BCUT2D eigenvalue weighted by Crippen LogP contribution is -2.41. The van der Waals surface area contributed by atoms with Crippen molar-refractivity contribution in [2.75, 3.05) is 6.54 Å². The maximum absolute atomic E-state index is 11.6. The van der Waals surface area contributed by atoms with Crippen molar-refractivity contribution in [1.29, 1.82) is 0 Å². The van der Waals surface area contributed by atoms with Gasteiger partial charge in [-0.3, -0.25) is 9.59 Å². The van der Waals surface area contributed by atoms with Crippen LogP contribution in [-0.2, 0) is 16.1 Å². The predicted octanol–water partition coefficient (Wildman–Crippen LogP) is 1.13. The van der Waals surface area contributed by atoms with Crippen LogP contribution in [0.2, 0.25) is 0 Å². The van der Waals surface area contributed by atoms with Crippen molar-refractivity contribution in [1.82, 2.24) is 10.6 Å². The number of carbonyl (C=O) groups excluding carboxylic acids is 1. The third-order valence-corrected chi connectivity index (χ3v) is 3.67. The molecular formula is C14H20N2O4. The summed E-state index contributed by atoms with van der Waals surface area (Å²) in [6, 6.07) is 3.82. The van der Waals surface area contributed by atoms with Gasteiger partial charge in [0.15, 0.2) is 0 Å². The average molecular weight is 280 g/mol. The summed E-state index contributed by atoms with van der Waals surface area (Å²) in [4.78, 5) is 22.5. The quantitative estimate of drug-likeness (QED) is 0.726. The zero-order chi connectivity index (χ0) is 14.4.